The Hall–Kier alpha value is -2.99. The van der Waals surface area contributed by atoms with Crippen molar-refractivity contribution < 1.29 is 38.2 Å². The summed E-state index contributed by atoms with van der Waals surface area (Å²) < 4.78 is 34.5. The summed E-state index contributed by atoms with van der Waals surface area (Å²) in [6.45, 7) is 0.958. The second-order valence-electron chi connectivity index (χ2n) is 7.00. The van der Waals surface area contributed by atoms with Gasteiger partial charge in [0.05, 0.1) is 18.8 Å². The number of amides is 3. The molecule has 30 heavy (non-hydrogen) atoms. The molecule has 1 aromatic rings. The van der Waals surface area contributed by atoms with E-state index in [1.54, 1.807) is 0 Å². The van der Waals surface area contributed by atoms with Crippen molar-refractivity contribution in [1.29, 1.82) is 0 Å². The summed E-state index contributed by atoms with van der Waals surface area (Å²) in [5, 5.41) is 18.8. The lowest BCUT2D eigenvalue weighted by molar-refractivity contribution is -0.166. The van der Waals surface area contributed by atoms with E-state index in [2.05, 4.69) is 0 Å². The van der Waals surface area contributed by atoms with Crippen molar-refractivity contribution >= 4 is 29.3 Å². The number of hydrogen-bond donors (Lipinski definition) is 2. The highest BCUT2D eigenvalue weighted by Gasteiger charge is 2.35. The minimum Gasteiger partial charge on any atom is -0.442 e. The van der Waals surface area contributed by atoms with Crippen LogP contribution in [-0.2, 0) is 14.3 Å². The lowest BCUT2D eigenvalue weighted by Crippen LogP contribution is -2.50. The number of halogens is 2. The molecule has 0 saturated carbocycles. The van der Waals surface area contributed by atoms with E-state index in [-0.39, 0.29) is 50.6 Å². The van der Waals surface area contributed by atoms with Gasteiger partial charge in [-0.05, 0) is 0 Å². The maximum absolute atomic E-state index is 14.7. The molecule has 1 aromatic carbocycles. The molecule has 10 nitrogen and oxygen atoms in total. The maximum Gasteiger partial charge on any atom is 0.414 e. The van der Waals surface area contributed by atoms with E-state index in [4.69, 9.17) is 9.84 Å². The summed E-state index contributed by atoms with van der Waals surface area (Å²) in [6.07, 6.45) is -1.70. The molecule has 12 heteroatoms. The second-order valence-corrected chi connectivity index (χ2v) is 7.00. The molecular formula is C18H22F2N4O6. The van der Waals surface area contributed by atoms with Crippen molar-refractivity contribution in [1.82, 2.24) is 9.96 Å². The zero-order chi connectivity index (χ0) is 22.0. The van der Waals surface area contributed by atoms with Crippen LogP contribution >= 0.6 is 0 Å². The normalized spacial score (nSPS) is 19.2. The van der Waals surface area contributed by atoms with Crippen LogP contribution in [0.1, 0.15) is 6.92 Å². The van der Waals surface area contributed by atoms with E-state index in [1.807, 2.05) is 0 Å². The first-order valence-corrected chi connectivity index (χ1v) is 9.29. The average Bonchev–Trinajstić information content (AvgIpc) is 3.07. The van der Waals surface area contributed by atoms with E-state index in [1.165, 1.54) is 9.80 Å². The third-order valence-corrected chi connectivity index (χ3v) is 5.01. The predicted molar refractivity (Wildman–Crippen MR) is 99.0 cm³/mol. The van der Waals surface area contributed by atoms with Gasteiger partial charge in [0.15, 0.2) is 11.6 Å². The largest absolute Gasteiger partial charge is 0.442 e. The van der Waals surface area contributed by atoms with Crippen molar-refractivity contribution in [2.45, 2.75) is 13.0 Å². The van der Waals surface area contributed by atoms with Crippen molar-refractivity contribution in [2.75, 3.05) is 55.7 Å². The smallest absolute Gasteiger partial charge is 0.414 e. The van der Waals surface area contributed by atoms with Crippen LogP contribution in [-0.4, -0.2) is 90.2 Å². The Morgan fingerprint density at radius 3 is 2.33 bits per heavy atom. The monoisotopic (exact) mass is 428 g/mol. The van der Waals surface area contributed by atoms with Crippen LogP contribution in [0.5, 0.6) is 0 Å². The summed E-state index contributed by atoms with van der Waals surface area (Å²) in [4.78, 5) is 38.6. The van der Waals surface area contributed by atoms with Crippen molar-refractivity contribution in [3.63, 3.8) is 0 Å². The molecule has 2 saturated heterocycles. The number of ether oxygens (including phenoxy) is 1. The Balaban J connectivity index is 1.71. The van der Waals surface area contributed by atoms with E-state index in [0.717, 1.165) is 24.0 Å². The van der Waals surface area contributed by atoms with Gasteiger partial charge < -0.3 is 19.6 Å². The number of carbonyl (C=O) groups is 3. The Bertz CT molecular complexity index is 823. The number of cyclic esters (lactones) is 1. The number of benzene rings is 1. The molecule has 2 N–H and O–H groups in total. The summed E-state index contributed by atoms with van der Waals surface area (Å²) in [5.74, 6) is -2.84. The minimum absolute atomic E-state index is 0.0531. The molecular weight excluding hydrogens is 406 g/mol. The summed E-state index contributed by atoms with van der Waals surface area (Å²) in [5.41, 5.74) is -0.320. The van der Waals surface area contributed by atoms with Crippen molar-refractivity contribution in [3.8, 4) is 0 Å². The molecule has 0 aromatic heterocycles. The van der Waals surface area contributed by atoms with Crippen LogP contribution in [0.4, 0.5) is 25.0 Å². The van der Waals surface area contributed by atoms with Crippen LogP contribution < -0.4 is 9.80 Å². The number of aliphatic hydroxyl groups is 1. The number of aliphatic hydroxyl groups excluding tert-OH is 1. The third kappa shape index (κ3) is 4.44. The van der Waals surface area contributed by atoms with Gasteiger partial charge in [0.25, 0.3) is 0 Å². The molecule has 3 amide bonds. The predicted octanol–water partition coefficient (Wildman–Crippen LogP) is 0.169. The second kappa shape index (κ2) is 8.79. The first kappa shape index (κ1) is 21.7. The third-order valence-electron chi connectivity index (χ3n) is 5.01. The van der Waals surface area contributed by atoms with Crippen LogP contribution in [0.25, 0.3) is 0 Å². The van der Waals surface area contributed by atoms with Crippen LogP contribution in [0.3, 0.4) is 0 Å². The molecule has 1 atom stereocenters. The Labute approximate surface area is 170 Å². The van der Waals surface area contributed by atoms with Gasteiger partial charge in [-0.25, -0.2) is 18.6 Å². The fraction of sp³-hybridized carbons (Fsp3) is 0.500. The van der Waals surface area contributed by atoms with Gasteiger partial charge in [-0.2, -0.15) is 0 Å². The SMILES string of the molecule is CC(=O)N(O)C[C@@H]1CN(c2cc(F)c(N3CCN(C(=O)CO)CC3)c(F)c2)C(=O)O1. The van der Waals surface area contributed by atoms with Crippen LogP contribution in [0.2, 0.25) is 0 Å². The summed E-state index contributed by atoms with van der Waals surface area (Å²) >= 11 is 0. The maximum atomic E-state index is 14.7. The molecule has 0 bridgehead atoms. The number of carbonyl (C=O) groups excluding carboxylic acids is 3. The zero-order valence-electron chi connectivity index (χ0n) is 16.3. The van der Waals surface area contributed by atoms with Gasteiger partial charge in [0.1, 0.15) is 18.4 Å². The molecule has 0 radical (unpaired) electrons. The van der Waals surface area contributed by atoms with Crippen LogP contribution in [0.15, 0.2) is 12.1 Å². The Kier molecular flexibility index (Phi) is 6.37. The lowest BCUT2D eigenvalue weighted by atomic mass is 10.2. The first-order valence-electron chi connectivity index (χ1n) is 9.29. The Morgan fingerprint density at radius 1 is 1.20 bits per heavy atom. The van der Waals surface area contributed by atoms with Gasteiger partial charge in [-0.15, -0.1) is 0 Å². The quantitative estimate of drug-likeness (QED) is 0.508. The molecule has 3 rings (SSSR count). The highest BCUT2D eigenvalue weighted by atomic mass is 19.1. The number of piperazine rings is 1. The summed E-state index contributed by atoms with van der Waals surface area (Å²) in [6, 6.07) is 2.02. The standard InChI is InChI=1S/C18H22F2N4O6/c1-11(26)24(29)9-13-8-23(18(28)30-13)12-6-14(19)17(15(20)7-12)22-4-2-21(3-5-22)16(27)10-25/h6-7,13,25,29H,2-5,8-10H2,1H3/t13-/m0/s1. The molecule has 0 aliphatic carbocycles. The summed E-state index contributed by atoms with van der Waals surface area (Å²) in [7, 11) is 0. The molecule has 0 spiro atoms. The van der Waals surface area contributed by atoms with E-state index >= 15 is 0 Å². The minimum atomic E-state index is -0.879. The fourth-order valence-electron chi connectivity index (χ4n) is 3.44. The number of hydroxylamine groups is 2. The first-order chi connectivity index (χ1) is 14.2. The zero-order valence-corrected chi connectivity index (χ0v) is 16.3. The molecule has 0 unspecified atom stereocenters. The van der Waals surface area contributed by atoms with E-state index in [0.29, 0.717) is 5.06 Å². The highest BCUT2D eigenvalue weighted by Crippen LogP contribution is 2.31. The van der Waals surface area contributed by atoms with Gasteiger partial charge in [0.2, 0.25) is 11.8 Å². The lowest BCUT2D eigenvalue weighted by Gasteiger charge is -2.36. The molecule has 2 fully saturated rings. The Morgan fingerprint density at radius 2 is 1.80 bits per heavy atom. The van der Waals surface area contributed by atoms with Gasteiger partial charge in [0, 0.05) is 45.2 Å². The number of anilines is 2. The molecule has 2 aliphatic rings. The van der Waals surface area contributed by atoms with Crippen molar-refractivity contribution in [2.24, 2.45) is 0 Å². The van der Waals surface area contributed by atoms with Gasteiger partial charge in [-0.1, -0.05) is 0 Å². The fourth-order valence-corrected chi connectivity index (χ4v) is 3.44. The average molecular weight is 428 g/mol. The van der Waals surface area contributed by atoms with Gasteiger partial charge in [-0.3, -0.25) is 19.7 Å². The molecule has 2 aliphatic heterocycles. The topological polar surface area (TPSA) is 114 Å². The number of nitrogens with zero attached hydrogens (tertiary/aromatic N) is 4. The van der Waals surface area contributed by atoms with Crippen LogP contribution in [0, 0.1) is 11.6 Å². The molecule has 164 valence electrons. The number of hydrogen-bond acceptors (Lipinski definition) is 7. The highest BCUT2D eigenvalue weighted by molar-refractivity contribution is 5.90. The molecule has 2 heterocycles. The van der Waals surface area contributed by atoms with Gasteiger partial charge >= 0.3 is 6.09 Å². The van der Waals surface area contributed by atoms with Crippen molar-refractivity contribution in [3.05, 3.63) is 23.8 Å². The van der Waals surface area contributed by atoms with E-state index < -0.39 is 42.3 Å². The number of rotatable bonds is 5. The van der Waals surface area contributed by atoms with E-state index in [9.17, 15) is 28.4 Å².